The lowest BCUT2D eigenvalue weighted by Crippen LogP contribution is -2.18. The molecule has 1 atom stereocenters. The summed E-state index contributed by atoms with van der Waals surface area (Å²) in [5, 5.41) is 14.6. The molecule has 0 aliphatic heterocycles. The largest absolute Gasteiger partial charge is 0.306 e. The molecule has 20 heavy (non-hydrogen) atoms. The Hall–Kier alpha value is -1.91. The van der Waals surface area contributed by atoms with Gasteiger partial charge in [-0.1, -0.05) is 41.9 Å². The summed E-state index contributed by atoms with van der Waals surface area (Å²) >= 11 is 6.07. The normalized spacial score (nSPS) is 12.1. The third-order valence-electron chi connectivity index (χ3n) is 3.14. The predicted molar refractivity (Wildman–Crippen MR) is 79.8 cm³/mol. The van der Waals surface area contributed by atoms with Crippen LogP contribution in [0.2, 0.25) is 5.02 Å². The van der Waals surface area contributed by atoms with Crippen LogP contribution >= 0.6 is 11.6 Å². The van der Waals surface area contributed by atoms with E-state index in [-0.39, 0.29) is 11.7 Å². The van der Waals surface area contributed by atoms with Gasteiger partial charge in [0.25, 0.3) is 5.69 Å². The Morgan fingerprint density at radius 3 is 2.60 bits per heavy atom. The van der Waals surface area contributed by atoms with Crippen LogP contribution in [0, 0.1) is 10.1 Å². The summed E-state index contributed by atoms with van der Waals surface area (Å²) in [5.74, 6) is 0. The number of non-ortho nitro benzene ring substituents is 1. The van der Waals surface area contributed by atoms with E-state index in [0.29, 0.717) is 11.6 Å². The molecule has 1 N–H and O–H groups in total. The number of hydrogen-bond acceptors (Lipinski definition) is 3. The van der Waals surface area contributed by atoms with Gasteiger partial charge in [0.05, 0.1) is 4.92 Å². The average Bonchev–Trinajstić information content (AvgIpc) is 2.46. The first kappa shape index (κ1) is 14.5. The van der Waals surface area contributed by atoms with Gasteiger partial charge in [0.15, 0.2) is 0 Å². The van der Waals surface area contributed by atoms with Gasteiger partial charge >= 0.3 is 0 Å². The van der Waals surface area contributed by atoms with E-state index in [4.69, 9.17) is 11.6 Å². The zero-order valence-electron chi connectivity index (χ0n) is 11.0. The average molecular weight is 291 g/mol. The Morgan fingerprint density at radius 2 is 1.95 bits per heavy atom. The van der Waals surface area contributed by atoms with E-state index in [1.54, 1.807) is 6.07 Å². The summed E-state index contributed by atoms with van der Waals surface area (Å²) in [6.07, 6.45) is 0. The third-order valence-corrected chi connectivity index (χ3v) is 3.51. The minimum atomic E-state index is -0.416. The molecule has 0 radical (unpaired) electrons. The monoisotopic (exact) mass is 290 g/mol. The summed E-state index contributed by atoms with van der Waals surface area (Å²) in [6.45, 7) is 2.52. The summed E-state index contributed by atoms with van der Waals surface area (Å²) in [5.41, 5.74) is 1.94. The predicted octanol–water partition coefficient (Wildman–Crippen LogP) is 4.10. The van der Waals surface area contributed by atoms with Crippen LogP contribution in [-0.2, 0) is 6.54 Å². The number of nitrogens with one attached hydrogen (secondary N) is 1. The lowest BCUT2D eigenvalue weighted by Gasteiger charge is -2.14. The molecule has 104 valence electrons. The van der Waals surface area contributed by atoms with Crippen molar-refractivity contribution in [2.45, 2.75) is 19.5 Å². The molecule has 0 amide bonds. The van der Waals surface area contributed by atoms with Crippen molar-refractivity contribution in [3.8, 4) is 0 Å². The van der Waals surface area contributed by atoms with Crippen molar-refractivity contribution in [2.24, 2.45) is 0 Å². The summed E-state index contributed by atoms with van der Waals surface area (Å²) < 4.78 is 0. The van der Waals surface area contributed by atoms with E-state index in [9.17, 15) is 10.1 Å². The zero-order valence-corrected chi connectivity index (χ0v) is 11.8. The molecule has 0 bridgehead atoms. The fraction of sp³-hybridized carbons (Fsp3) is 0.200. The third kappa shape index (κ3) is 3.56. The number of nitro benzene ring substituents is 1. The van der Waals surface area contributed by atoms with E-state index >= 15 is 0 Å². The van der Waals surface area contributed by atoms with E-state index < -0.39 is 4.92 Å². The first-order valence-electron chi connectivity index (χ1n) is 6.29. The molecule has 0 heterocycles. The molecule has 0 aliphatic rings. The smallest absolute Gasteiger partial charge is 0.269 e. The number of rotatable bonds is 5. The maximum absolute atomic E-state index is 10.8. The van der Waals surface area contributed by atoms with Crippen molar-refractivity contribution < 1.29 is 4.92 Å². The van der Waals surface area contributed by atoms with Crippen LogP contribution in [0.4, 0.5) is 5.69 Å². The minimum Gasteiger partial charge on any atom is -0.306 e. The molecular weight excluding hydrogens is 276 g/mol. The number of benzene rings is 2. The Labute approximate surface area is 122 Å². The second kappa shape index (κ2) is 6.50. The second-order valence-electron chi connectivity index (χ2n) is 4.55. The molecule has 0 fully saturated rings. The quantitative estimate of drug-likeness (QED) is 0.666. The minimum absolute atomic E-state index is 0.0542. The van der Waals surface area contributed by atoms with Gasteiger partial charge in [-0.25, -0.2) is 0 Å². The maximum Gasteiger partial charge on any atom is 0.269 e. The Balaban J connectivity index is 2.07. The van der Waals surface area contributed by atoms with Crippen LogP contribution < -0.4 is 5.32 Å². The van der Waals surface area contributed by atoms with Crippen LogP contribution in [0.25, 0.3) is 0 Å². The van der Waals surface area contributed by atoms with Gasteiger partial charge in [0, 0.05) is 29.7 Å². The van der Waals surface area contributed by atoms with E-state index in [0.717, 1.165) is 11.1 Å². The van der Waals surface area contributed by atoms with Crippen molar-refractivity contribution in [2.75, 3.05) is 0 Å². The first-order valence-corrected chi connectivity index (χ1v) is 6.67. The molecule has 2 aromatic rings. The van der Waals surface area contributed by atoms with Gasteiger partial charge in [0.2, 0.25) is 0 Å². The molecule has 0 saturated carbocycles. The number of halogens is 1. The highest BCUT2D eigenvalue weighted by Crippen LogP contribution is 2.23. The molecular formula is C15H15ClN2O2. The van der Waals surface area contributed by atoms with Gasteiger partial charge in [-0.15, -0.1) is 0 Å². The summed E-state index contributed by atoms with van der Waals surface area (Å²) in [6, 6.07) is 14.6. The number of hydrogen-bond donors (Lipinski definition) is 1. The summed E-state index contributed by atoms with van der Waals surface area (Å²) in [7, 11) is 0. The molecule has 4 nitrogen and oxygen atoms in total. The SMILES string of the molecule is CC(NCc1cc([N+](=O)[O-])ccc1Cl)c1ccccc1. The fourth-order valence-corrected chi connectivity index (χ4v) is 2.12. The van der Waals surface area contributed by atoms with Gasteiger partial charge in [-0.05, 0) is 24.1 Å². The van der Waals surface area contributed by atoms with Crippen molar-refractivity contribution in [1.82, 2.24) is 5.32 Å². The molecule has 0 spiro atoms. The molecule has 2 rings (SSSR count). The van der Waals surface area contributed by atoms with Crippen molar-refractivity contribution >= 4 is 17.3 Å². The second-order valence-corrected chi connectivity index (χ2v) is 4.95. The van der Waals surface area contributed by atoms with Gasteiger partial charge in [-0.3, -0.25) is 10.1 Å². The molecule has 1 unspecified atom stereocenters. The van der Waals surface area contributed by atoms with Crippen molar-refractivity contribution in [3.63, 3.8) is 0 Å². The molecule has 0 aromatic heterocycles. The Morgan fingerprint density at radius 1 is 1.25 bits per heavy atom. The lowest BCUT2D eigenvalue weighted by atomic mass is 10.1. The zero-order chi connectivity index (χ0) is 14.5. The summed E-state index contributed by atoms with van der Waals surface area (Å²) in [4.78, 5) is 10.3. The highest BCUT2D eigenvalue weighted by atomic mass is 35.5. The first-order chi connectivity index (χ1) is 9.58. The van der Waals surface area contributed by atoms with Gasteiger partial charge in [0.1, 0.15) is 0 Å². The molecule has 0 aliphatic carbocycles. The van der Waals surface area contributed by atoms with E-state index in [1.807, 2.05) is 37.3 Å². The Kier molecular flexibility index (Phi) is 4.71. The van der Waals surface area contributed by atoms with Crippen molar-refractivity contribution in [3.05, 3.63) is 74.8 Å². The molecule has 5 heteroatoms. The highest BCUT2D eigenvalue weighted by Gasteiger charge is 2.11. The van der Waals surface area contributed by atoms with E-state index in [2.05, 4.69) is 5.32 Å². The topological polar surface area (TPSA) is 55.2 Å². The van der Waals surface area contributed by atoms with Gasteiger partial charge in [-0.2, -0.15) is 0 Å². The lowest BCUT2D eigenvalue weighted by molar-refractivity contribution is -0.384. The molecule has 2 aromatic carbocycles. The fourth-order valence-electron chi connectivity index (χ4n) is 1.93. The number of nitro groups is 1. The standard InChI is InChI=1S/C15H15ClN2O2/c1-11(12-5-3-2-4-6-12)17-10-13-9-14(18(19)20)7-8-15(13)16/h2-9,11,17H,10H2,1H3. The van der Waals surface area contributed by atoms with Crippen LogP contribution in [0.1, 0.15) is 24.1 Å². The van der Waals surface area contributed by atoms with Crippen LogP contribution in [0.3, 0.4) is 0 Å². The van der Waals surface area contributed by atoms with Crippen LogP contribution in [-0.4, -0.2) is 4.92 Å². The van der Waals surface area contributed by atoms with Crippen molar-refractivity contribution in [1.29, 1.82) is 0 Å². The van der Waals surface area contributed by atoms with Crippen LogP contribution in [0.15, 0.2) is 48.5 Å². The number of nitrogens with zero attached hydrogens (tertiary/aromatic N) is 1. The maximum atomic E-state index is 10.8. The van der Waals surface area contributed by atoms with E-state index in [1.165, 1.54) is 12.1 Å². The highest BCUT2D eigenvalue weighted by molar-refractivity contribution is 6.31. The Bertz CT molecular complexity index is 602. The van der Waals surface area contributed by atoms with Gasteiger partial charge < -0.3 is 5.32 Å². The molecule has 0 saturated heterocycles. The van der Waals surface area contributed by atoms with Crippen LogP contribution in [0.5, 0.6) is 0 Å².